The van der Waals surface area contributed by atoms with Crippen LogP contribution in [0.15, 0.2) is 0 Å². The summed E-state index contributed by atoms with van der Waals surface area (Å²) in [6.07, 6.45) is 8.15. The molecule has 0 radical (unpaired) electrons. The van der Waals surface area contributed by atoms with E-state index in [0.717, 1.165) is 17.8 Å². The van der Waals surface area contributed by atoms with Crippen LogP contribution in [-0.2, 0) is 44.8 Å². The Bertz CT molecular complexity index is 152. The van der Waals surface area contributed by atoms with Crippen molar-refractivity contribution >= 4 is 44.8 Å². The van der Waals surface area contributed by atoms with Crippen LogP contribution in [0.4, 0.5) is 0 Å². The van der Waals surface area contributed by atoms with E-state index >= 15 is 0 Å². The molecular formula is C18H44S4. The first-order chi connectivity index (χ1) is 9.53. The van der Waals surface area contributed by atoms with Gasteiger partial charge in [-0.3, -0.25) is 0 Å². The molecule has 0 bridgehead atoms. The van der Waals surface area contributed by atoms with Crippen molar-refractivity contribution in [3.63, 3.8) is 0 Å². The SMILES string of the molecule is C.C.CCCC(C)CC.CCCC(C)[C@H](C)CC.S=S.S=S. The van der Waals surface area contributed by atoms with Crippen molar-refractivity contribution in [1.82, 2.24) is 0 Å². The highest BCUT2D eigenvalue weighted by Gasteiger charge is 2.07. The van der Waals surface area contributed by atoms with E-state index in [-0.39, 0.29) is 14.9 Å². The molecule has 0 aliphatic heterocycles. The number of hydrogen-bond acceptors (Lipinski definition) is 4. The average Bonchev–Trinajstić information content (AvgIpc) is 2.51. The molecule has 0 fully saturated rings. The second-order valence-electron chi connectivity index (χ2n) is 5.45. The van der Waals surface area contributed by atoms with Gasteiger partial charge in [0.1, 0.15) is 0 Å². The fourth-order valence-electron chi connectivity index (χ4n) is 1.84. The van der Waals surface area contributed by atoms with E-state index in [4.69, 9.17) is 0 Å². The topological polar surface area (TPSA) is 0 Å². The van der Waals surface area contributed by atoms with Crippen molar-refractivity contribution in [3.8, 4) is 0 Å². The van der Waals surface area contributed by atoms with E-state index in [1.54, 1.807) is 0 Å². The molecule has 0 N–H and O–H groups in total. The van der Waals surface area contributed by atoms with Crippen LogP contribution in [0.1, 0.15) is 102 Å². The maximum Gasteiger partial charge on any atom is 0 e. The Labute approximate surface area is 164 Å². The highest BCUT2D eigenvalue weighted by Crippen LogP contribution is 2.18. The summed E-state index contributed by atoms with van der Waals surface area (Å²) >= 11 is 14.7. The van der Waals surface area contributed by atoms with Crippen LogP contribution in [0, 0.1) is 17.8 Å². The van der Waals surface area contributed by atoms with Crippen LogP contribution in [-0.4, -0.2) is 0 Å². The Morgan fingerprint density at radius 3 is 1.14 bits per heavy atom. The van der Waals surface area contributed by atoms with Gasteiger partial charge in [-0.05, 0) is 17.8 Å². The van der Waals surface area contributed by atoms with Gasteiger partial charge in [-0.25, -0.2) is 0 Å². The lowest BCUT2D eigenvalue weighted by molar-refractivity contribution is 0.352. The van der Waals surface area contributed by atoms with E-state index in [1.165, 1.54) is 38.5 Å². The molecule has 140 valence electrons. The van der Waals surface area contributed by atoms with Gasteiger partial charge in [0.05, 0.1) is 0 Å². The molecule has 22 heavy (non-hydrogen) atoms. The van der Waals surface area contributed by atoms with Gasteiger partial charge in [-0.1, -0.05) is 102 Å². The zero-order chi connectivity index (χ0) is 17.0. The van der Waals surface area contributed by atoms with Crippen LogP contribution in [0.3, 0.4) is 0 Å². The van der Waals surface area contributed by atoms with E-state index in [0.29, 0.717) is 0 Å². The Balaban J connectivity index is -0.0000000446. The van der Waals surface area contributed by atoms with Crippen molar-refractivity contribution in [3.05, 3.63) is 0 Å². The maximum absolute atomic E-state index is 3.67. The minimum atomic E-state index is 0. The minimum Gasteiger partial charge on any atom is -0.0776 e. The smallest absolute Gasteiger partial charge is 0 e. The van der Waals surface area contributed by atoms with Crippen LogP contribution < -0.4 is 0 Å². The van der Waals surface area contributed by atoms with Gasteiger partial charge in [0, 0.05) is 44.8 Å². The van der Waals surface area contributed by atoms with Gasteiger partial charge >= 0.3 is 0 Å². The van der Waals surface area contributed by atoms with Crippen molar-refractivity contribution < 1.29 is 0 Å². The van der Waals surface area contributed by atoms with Gasteiger partial charge < -0.3 is 0 Å². The summed E-state index contributed by atoms with van der Waals surface area (Å²) in [6, 6.07) is 0. The highest BCUT2D eigenvalue weighted by atomic mass is 32.8. The third kappa shape index (κ3) is 37.3. The van der Waals surface area contributed by atoms with Gasteiger partial charge in [0.15, 0.2) is 0 Å². The standard InChI is InChI=1S/C9H20.C7H16.2CH4.2S2/c1-5-7-9(4)8(3)6-2;1-4-6-7(3)5-2;;;2*1-2/h8-9H,5-7H2,1-4H3;7H,4-6H2,1-3H3;2*1H4;;/t8-,9?;;;;;/m1...../s1. The van der Waals surface area contributed by atoms with Crippen molar-refractivity contribution in [2.24, 2.45) is 17.8 Å². The quantitative estimate of drug-likeness (QED) is 0.441. The molecule has 0 heterocycles. The second kappa shape index (κ2) is 37.8. The number of hydrogen-bond donors (Lipinski definition) is 0. The lowest BCUT2D eigenvalue weighted by Crippen LogP contribution is -2.05. The molecule has 3 atom stereocenters. The summed E-state index contributed by atoms with van der Waals surface area (Å²) < 4.78 is 0. The van der Waals surface area contributed by atoms with Crippen molar-refractivity contribution in [2.75, 3.05) is 0 Å². The predicted octanol–water partition coefficient (Wildman–Crippen LogP) is 7.56. The summed E-state index contributed by atoms with van der Waals surface area (Å²) in [5, 5.41) is 0. The first kappa shape index (κ1) is 38.4. The largest absolute Gasteiger partial charge is 0.0776 e. The molecule has 0 saturated heterocycles. The molecule has 0 aliphatic rings. The first-order valence-electron chi connectivity index (χ1n) is 7.86. The summed E-state index contributed by atoms with van der Waals surface area (Å²) in [7, 11) is 0. The Kier molecular flexibility index (Phi) is 66.1. The van der Waals surface area contributed by atoms with E-state index < -0.39 is 0 Å². The van der Waals surface area contributed by atoms with E-state index in [9.17, 15) is 0 Å². The lowest BCUT2D eigenvalue weighted by Gasteiger charge is -2.16. The van der Waals surface area contributed by atoms with E-state index in [1.807, 2.05) is 0 Å². The molecule has 0 spiro atoms. The summed E-state index contributed by atoms with van der Waals surface area (Å²) in [5.74, 6) is 2.80. The van der Waals surface area contributed by atoms with Gasteiger partial charge in [-0.15, -0.1) is 0 Å². The Hall–Kier alpha value is 0.880. The Morgan fingerprint density at radius 1 is 0.591 bits per heavy atom. The molecule has 0 aromatic rings. The second-order valence-corrected chi connectivity index (χ2v) is 5.45. The number of rotatable bonds is 7. The average molecular weight is 389 g/mol. The highest BCUT2D eigenvalue weighted by molar-refractivity contribution is 8.07. The van der Waals surface area contributed by atoms with Crippen molar-refractivity contribution in [2.45, 2.75) is 102 Å². The Morgan fingerprint density at radius 2 is 0.955 bits per heavy atom. The minimum absolute atomic E-state index is 0. The molecule has 0 saturated carbocycles. The summed E-state index contributed by atoms with van der Waals surface area (Å²) in [4.78, 5) is 0. The van der Waals surface area contributed by atoms with Crippen LogP contribution in [0.25, 0.3) is 0 Å². The van der Waals surface area contributed by atoms with Crippen LogP contribution in [0.5, 0.6) is 0 Å². The maximum atomic E-state index is 3.67. The van der Waals surface area contributed by atoms with Crippen LogP contribution in [0.2, 0.25) is 0 Å². The zero-order valence-corrected chi connectivity index (χ0v) is 17.9. The molecule has 2 unspecified atom stereocenters. The molecular weight excluding hydrogens is 344 g/mol. The molecule has 0 rings (SSSR count). The molecule has 0 aromatic heterocycles. The fraction of sp³-hybridized carbons (Fsp3) is 1.00. The monoisotopic (exact) mass is 388 g/mol. The third-order valence-electron chi connectivity index (χ3n) is 3.84. The summed E-state index contributed by atoms with van der Waals surface area (Å²) in [6.45, 7) is 16.0. The zero-order valence-electron chi connectivity index (χ0n) is 14.6. The first-order valence-corrected chi connectivity index (χ1v) is 10.5. The van der Waals surface area contributed by atoms with Gasteiger partial charge in [-0.2, -0.15) is 0 Å². The molecule has 0 aromatic carbocycles. The molecule has 0 amide bonds. The van der Waals surface area contributed by atoms with E-state index in [2.05, 4.69) is 93.2 Å². The molecule has 0 nitrogen and oxygen atoms in total. The normalized spacial score (nSPS) is 12.0. The van der Waals surface area contributed by atoms with Crippen LogP contribution >= 0.6 is 0 Å². The third-order valence-corrected chi connectivity index (χ3v) is 3.84. The predicted molar refractivity (Wildman–Crippen MR) is 121 cm³/mol. The molecule has 4 heteroatoms. The lowest BCUT2D eigenvalue weighted by atomic mass is 9.90. The summed E-state index contributed by atoms with van der Waals surface area (Å²) in [5.41, 5.74) is 0. The fourth-order valence-corrected chi connectivity index (χ4v) is 1.84. The molecule has 0 aliphatic carbocycles. The van der Waals surface area contributed by atoms with Gasteiger partial charge in [0.25, 0.3) is 0 Å². The van der Waals surface area contributed by atoms with Gasteiger partial charge in [0.2, 0.25) is 0 Å². The van der Waals surface area contributed by atoms with Crippen molar-refractivity contribution in [1.29, 1.82) is 0 Å².